The molecule has 126 valence electrons. The van der Waals surface area contributed by atoms with Crippen molar-refractivity contribution in [3.63, 3.8) is 0 Å². The van der Waals surface area contributed by atoms with Crippen molar-refractivity contribution >= 4 is 18.2 Å². The van der Waals surface area contributed by atoms with E-state index in [9.17, 15) is 10.1 Å². The Bertz CT molecular complexity index is 656. The van der Waals surface area contributed by atoms with Crippen molar-refractivity contribution in [2.75, 3.05) is 26.2 Å². The minimum Gasteiger partial charge on any atom is -0.358 e. The van der Waals surface area contributed by atoms with Crippen molar-refractivity contribution < 1.29 is 4.92 Å². The van der Waals surface area contributed by atoms with Gasteiger partial charge in [0.2, 0.25) is 0 Å². The van der Waals surface area contributed by atoms with Crippen LogP contribution in [-0.4, -0.2) is 55.3 Å². The van der Waals surface area contributed by atoms with Gasteiger partial charge in [-0.2, -0.15) is 4.68 Å². The molecule has 0 aromatic carbocycles. The summed E-state index contributed by atoms with van der Waals surface area (Å²) in [5, 5.41) is 18.0. The molecule has 1 fully saturated rings. The van der Waals surface area contributed by atoms with Crippen LogP contribution in [0, 0.1) is 10.1 Å². The lowest BCUT2D eigenvalue weighted by Gasteiger charge is -2.35. The van der Waals surface area contributed by atoms with Gasteiger partial charge >= 0.3 is 5.82 Å². The molecule has 0 bridgehead atoms. The highest BCUT2D eigenvalue weighted by molar-refractivity contribution is 5.85. The van der Waals surface area contributed by atoms with Crippen LogP contribution >= 0.6 is 12.4 Å². The molecule has 2 aromatic heterocycles. The average Bonchev–Trinajstić information content (AvgIpc) is 3.14. The average molecular weight is 342 g/mol. The minimum atomic E-state index is -0.474. The minimum absolute atomic E-state index is 0. The van der Waals surface area contributed by atoms with Crippen molar-refractivity contribution in [3.05, 3.63) is 40.6 Å². The molecule has 1 N–H and O–H groups in total. The van der Waals surface area contributed by atoms with E-state index in [2.05, 4.69) is 20.3 Å². The molecule has 1 saturated heterocycles. The van der Waals surface area contributed by atoms with Gasteiger partial charge in [-0.05, 0) is 4.92 Å². The Morgan fingerprint density at radius 3 is 2.91 bits per heavy atom. The molecule has 3 rings (SSSR count). The van der Waals surface area contributed by atoms with Gasteiger partial charge in [-0.3, -0.25) is 4.90 Å². The smallest absolute Gasteiger partial charge is 0.358 e. The predicted molar refractivity (Wildman–Crippen MR) is 86.5 cm³/mol. The number of hydrogen-bond donors (Lipinski definition) is 1. The Morgan fingerprint density at radius 2 is 2.26 bits per heavy atom. The summed E-state index contributed by atoms with van der Waals surface area (Å²) in [6.07, 6.45) is 5.40. The normalized spacial score (nSPS) is 18.6. The second-order valence-electron chi connectivity index (χ2n) is 5.35. The molecule has 1 aliphatic rings. The van der Waals surface area contributed by atoms with E-state index in [0.29, 0.717) is 6.54 Å². The van der Waals surface area contributed by atoms with Gasteiger partial charge in [-0.25, -0.2) is 4.98 Å². The predicted octanol–water partition coefficient (Wildman–Crippen LogP) is 0.593. The molecule has 10 heteroatoms. The van der Waals surface area contributed by atoms with E-state index < -0.39 is 4.92 Å². The van der Waals surface area contributed by atoms with Crippen molar-refractivity contribution in [1.29, 1.82) is 0 Å². The number of aryl methyl sites for hydroxylation is 1. The molecule has 2 aromatic rings. The lowest BCUT2D eigenvalue weighted by molar-refractivity contribution is -0.389. The fraction of sp³-hybridized carbons (Fsp3) is 0.538. The van der Waals surface area contributed by atoms with E-state index in [1.54, 1.807) is 17.1 Å². The Balaban J connectivity index is 0.00000192. The zero-order valence-electron chi connectivity index (χ0n) is 12.8. The largest absolute Gasteiger partial charge is 0.389 e. The van der Waals surface area contributed by atoms with E-state index in [1.165, 1.54) is 6.07 Å². The lowest BCUT2D eigenvalue weighted by Crippen LogP contribution is -2.47. The molecule has 0 aliphatic carbocycles. The summed E-state index contributed by atoms with van der Waals surface area (Å²) in [4.78, 5) is 17.0. The first-order valence-corrected chi connectivity index (χ1v) is 7.25. The zero-order valence-corrected chi connectivity index (χ0v) is 13.6. The molecule has 1 unspecified atom stereocenters. The van der Waals surface area contributed by atoms with Crippen LogP contribution in [0.25, 0.3) is 0 Å². The first-order chi connectivity index (χ1) is 10.6. The van der Waals surface area contributed by atoms with Gasteiger partial charge in [0, 0.05) is 45.6 Å². The Morgan fingerprint density at radius 1 is 1.43 bits per heavy atom. The van der Waals surface area contributed by atoms with Gasteiger partial charge in [0.25, 0.3) is 0 Å². The summed E-state index contributed by atoms with van der Waals surface area (Å²) in [6, 6.07) is 1.63. The summed E-state index contributed by atoms with van der Waals surface area (Å²) in [5.74, 6) is 0.916. The molecule has 1 aliphatic heterocycles. The maximum Gasteiger partial charge on any atom is 0.389 e. The number of halogens is 1. The van der Waals surface area contributed by atoms with Crippen molar-refractivity contribution in [2.45, 2.75) is 12.6 Å². The fourth-order valence-corrected chi connectivity index (χ4v) is 2.77. The molecule has 23 heavy (non-hydrogen) atoms. The Hall–Kier alpha value is -1.97. The summed E-state index contributed by atoms with van der Waals surface area (Å²) in [5.41, 5.74) is 0. The number of nitrogens with zero attached hydrogens (tertiary/aromatic N) is 6. The highest BCUT2D eigenvalue weighted by Gasteiger charge is 2.26. The SMILES string of the molecule is Cl.Cn1ccnc1C1CNCCN1CCn1ccc([N+](=O)[O-])n1. The first kappa shape index (κ1) is 17.4. The topological polar surface area (TPSA) is 94.0 Å². The van der Waals surface area contributed by atoms with E-state index in [-0.39, 0.29) is 24.3 Å². The number of nitro groups is 1. The van der Waals surface area contributed by atoms with E-state index in [1.807, 2.05) is 17.8 Å². The van der Waals surface area contributed by atoms with Crippen LogP contribution < -0.4 is 5.32 Å². The van der Waals surface area contributed by atoms with E-state index in [0.717, 1.165) is 32.0 Å². The maximum atomic E-state index is 10.7. The third-order valence-electron chi connectivity index (χ3n) is 3.94. The van der Waals surface area contributed by atoms with Crippen molar-refractivity contribution in [3.8, 4) is 0 Å². The highest BCUT2D eigenvalue weighted by Crippen LogP contribution is 2.20. The summed E-state index contributed by atoms with van der Waals surface area (Å²) in [7, 11) is 1.99. The van der Waals surface area contributed by atoms with Crippen LogP contribution in [-0.2, 0) is 13.6 Å². The molecular weight excluding hydrogens is 322 g/mol. The number of nitrogens with one attached hydrogen (secondary N) is 1. The van der Waals surface area contributed by atoms with Gasteiger partial charge in [0.15, 0.2) is 0 Å². The number of hydrogen-bond acceptors (Lipinski definition) is 6. The second-order valence-corrected chi connectivity index (χ2v) is 5.35. The quantitative estimate of drug-likeness (QED) is 0.632. The third kappa shape index (κ3) is 3.87. The molecule has 0 amide bonds. The van der Waals surface area contributed by atoms with Crippen LogP contribution in [0.2, 0.25) is 0 Å². The molecule has 9 nitrogen and oxygen atoms in total. The summed E-state index contributed by atoms with van der Waals surface area (Å²) in [6.45, 7) is 4.10. The first-order valence-electron chi connectivity index (χ1n) is 7.25. The number of rotatable bonds is 5. The molecule has 0 radical (unpaired) electrons. The van der Waals surface area contributed by atoms with Gasteiger partial charge in [-0.15, -0.1) is 12.4 Å². The molecule has 3 heterocycles. The maximum absolute atomic E-state index is 10.7. The van der Waals surface area contributed by atoms with Crippen molar-refractivity contribution in [1.82, 2.24) is 29.5 Å². The second kappa shape index (κ2) is 7.53. The molecule has 0 saturated carbocycles. The highest BCUT2D eigenvalue weighted by atomic mass is 35.5. The third-order valence-corrected chi connectivity index (χ3v) is 3.94. The number of imidazole rings is 1. The van der Waals surface area contributed by atoms with Crippen LogP contribution in [0.1, 0.15) is 11.9 Å². The van der Waals surface area contributed by atoms with E-state index >= 15 is 0 Å². The molecule has 1 atom stereocenters. The van der Waals surface area contributed by atoms with Gasteiger partial charge in [-0.1, -0.05) is 0 Å². The molecular formula is C13H20ClN7O2. The van der Waals surface area contributed by atoms with Gasteiger partial charge in [0.05, 0.1) is 29.9 Å². The number of piperazine rings is 1. The Kier molecular flexibility index (Phi) is 5.69. The molecule has 0 spiro atoms. The monoisotopic (exact) mass is 341 g/mol. The van der Waals surface area contributed by atoms with Crippen LogP contribution in [0.4, 0.5) is 5.82 Å². The standard InChI is InChI=1S/C13H19N7O2.ClH/c1-17-6-4-15-13(17)11-10-14-3-7-18(11)8-9-19-5-2-12(16-19)20(21)22;/h2,4-6,11,14H,3,7-10H2,1H3;1H. The van der Waals surface area contributed by atoms with Crippen LogP contribution in [0.15, 0.2) is 24.7 Å². The summed E-state index contributed by atoms with van der Waals surface area (Å²) < 4.78 is 3.65. The van der Waals surface area contributed by atoms with Crippen molar-refractivity contribution in [2.24, 2.45) is 7.05 Å². The fourth-order valence-electron chi connectivity index (χ4n) is 2.77. The van der Waals surface area contributed by atoms with Gasteiger partial charge < -0.3 is 20.0 Å². The number of aromatic nitrogens is 4. The van der Waals surface area contributed by atoms with Crippen LogP contribution in [0.3, 0.4) is 0 Å². The zero-order chi connectivity index (χ0) is 15.5. The summed E-state index contributed by atoms with van der Waals surface area (Å²) >= 11 is 0. The van der Waals surface area contributed by atoms with E-state index in [4.69, 9.17) is 0 Å². The Labute approximate surface area is 139 Å². The van der Waals surface area contributed by atoms with Crippen LogP contribution in [0.5, 0.6) is 0 Å². The lowest BCUT2D eigenvalue weighted by atomic mass is 10.1. The van der Waals surface area contributed by atoms with Gasteiger partial charge in [0.1, 0.15) is 5.82 Å².